The summed E-state index contributed by atoms with van der Waals surface area (Å²) in [4.78, 5) is 4.97. The molecule has 23 aromatic carbocycles. The molecule has 0 radical (unpaired) electrons. The molecular formula is C138H90N2O2. The van der Waals surface area contributed by atoms with Gasteiger partial charge in [0.25, 0.3) is 0 Å². The molecule has 0 N–H and O–H groups in total. The van der Waals surface area contributed by atoms with Gasteiger partial charge in [-0.15, -0.1) is 0 Å². The van der Waals surface area contributed by atoms with Gasteiger partial charge < -0.3 is 19.3 Å². The molecule has 0 saturated carbocycles. The number of nitrogens with zero attached hydrogens (tertiary/aromatic N) is 2. The van der Waals surface area contributed by atoms with Crippen molar-refractivity contribution in [3.05, 3.63) is 590 Å². The van der Waals surface area contributed by atoms with Crippen LogP contribution in [0, 0.1) is 0 Å². The molecule has 664 valence electrons. The van der Waals surface area contributed by atoms with E-state index in [1.807, 2.05) is 0 Å². The largest absolute Gasteiger partial charge is 0.457 e. The first-order chi connectivity index (χ1) is 70.4. The lowest BCUT2D eigenvalue weighted by Gasteiger charge is -2.40. The van der Waals surface area contributed by atoms with Crippen LogP contribution < -0.4 is 19.3 Å². The van der Waals surface area contributed by atoms with Gasteiger partial charge in [0.1, 0.15) is 23.0 Å². The van der Waals surface area contributed by atoms with Crippen molar-refractivity contribution < 1.29 is 9.47 Å². The highest BCUT2D eigenvalue weighted by Crippen LogP contribution is 2.67. The Bertz CT molecular complexity index is 8880. The Labute approximate surface area is 827 Å². The number of benzene rings is 23. The lowest BCUT2D eigenvalue weighted by molar-refractivity contribution is 0.436. The predicted molar refractivity (Wildman–Crippen MR) is 588 cm³/mol. The summed E-state index contributed by atoms with van der Waals surface area (Å²) in [6.45, 7) is 0. The SMILES string of the molecule is c1ccc(-c2ccccc2-c2ccc(N(c3ccc4c(c3)-c3ccccc3C43c4ccccc4Oc4ccccc43)c3ccccc3-c3ccccc3-c3ccccc3-c3cccc(-c4cccc5c4Oc4ccccc4C54c5ccccc5-c5cc(N(c6ccc(-c7ccc(-c8ccc9ccccc9c8)cc7)cc6)c6ccccc6-c6ccccc6-c6ccccc6-c6ccccc6)ccc54)c3)cc2)cc1. The lowest BCUT2D eigenvalue weighted by atomic mass is 9.65. The summed E-state index contributed by atoms with van der Waals surface area (Å²) < 4.78 is 14.4. The summed E-state index contributed by atoms with van der Waals surface area (Å²) in [6.07, 6.45) is 0. The Kier molecular flexibility index (Phi) is 20.1. The van der Waals surface area contributed by atoms with Gasteiger partial charge in [0.15, 0.2) is 0 Å². The molecule has 27 rings (SSSR count). The fourth-order valence-electron chi connectivity index (χ4n) is 23.7. The molecule has 142 heavy (non-hydrogen) atoms. The van der Waals surface area contributed by atoms with E-state index in [1.54, 1.807) is 0 Å². The molecule has 4 aliphatic rings. The van der Waals surface area contributed by atoms with Crippen LogP contribution in [-0.4, -0.2) is 0 Å². The number of fused-ring (bicyclic) bond motifs is 19. The molecule has 4 nitrogen and oxygen atoms in total. The monoisotopic (exact) mass is 1810 g/mol. The second-order valence-corrected chi connectivity index (χ2v) is 37.4. The minimum atomic E-state index is -0.804. The van der Waals surface area contributed by atoms with Crippen molar-refractivity contribution in [2.45, 2.75) is 10.8 Å². The van der Waals surface area contributed by atoms with Crippen LogP contribution in [0.25, 0.3) is 155 Å². The van der Waals surface area contributed by atoms with E-state index in [9.17, 15) is 0 Å². The fourth-order valence-corrected chi connectivity index (χ4v) is 23.7. The Morgan fingerprint density at radius 3 is 0.894 bits per heavy atom. The zero-order chi connectivity index (χ0) is 93.8. The topological polar surface area (TPSA) is 24.9 Å². The maximum absolute atomic E-state index is 7.59. The van der Waals surface area contributed by atoms with Gasteiger partial charge in [-0.1, -0.05) is 455 Å². The molecule has 0 aromatic heterocycles. The molecule has 2 aliphatic carbocycles. The van der Waals surface area contributed by atoms with Gasteiger partial charge in [0, 0.05) is 61.7 Å². The van der Waals surface area contributed by atoms with Crippen LogP contribution in [0.15, 0.2) is 546 Å². The van der Waals surface area contributed by atoms with Crippen molar-refractivity contribution >= 4 is 44.9 Å². The van der Waals surface area contributed by atoms with Crippen molar-refractivity contribution in [1.82, 2.24) is 0 Å². The van der Waals surface area contributed by atoms with E-state index in [0.29, 0.717) is 0 Å². The molecular weight excluding hydrogens is 1720 g/mol. The first-order valence-corrected chi connectivity index (χ1v) is 49.0. The average Bonchev–Trinajstić information content (AvgIpc) is 1.53. The highest BCUT2D eigenvalue weighted by atomic mass is 16.5. The van der Waals surface area contributed by atoms with Crippen molar-refractivity contribution in [3.63, 3.8) is 0 Å². The van der Waals surface area contributed by atoms with Gasteiger partial charge in [-0.2, -0.15) is 0 Å². The van der Waals surface area contributed by atoms with E-state index in [0.717, 1.165) is 163 Å². The maximum Gasteiger partial charge on any atom is 0.140 e. The smallest absolute Gasteiger partial charge is 0.140 e. The van der Waals surface area contributed by atoms with Crippen molar-refractivity contribution in [1.29, 1.82) is 0 Å². The predicted octanol–water partition coefficient (Wildman–Crippen LogP) is 37.1. The fraction of sp³-hybridized carbons (Fsp3) is 0.0145. The zero-order valence-corrected chi connectivity index (χ0v) is 77.7. The quantitative estimate of drug-likeness (QED) is 0.0907. The van der Waals surface area contributed by atoms with Crippen LogP contribution >= 0.6 is 0 Å². The number of ether oxygens (including phenoxy) is 2. The molecule has 0 fully saturated rings. The highest BCUT2D eigenvalue weighted by Gasteiger charge is 2.54. The molecule has 1 unspecified atom stereocenters. The Morgan fingerprint density at radius 1 is 0.134 bits per heavy atom. The molecule has 2 aliphatic heterocycles. The summed E-state index contributed by atoms with van der Waals surface area (Å²) in [7, 11) is 0. The van der Waals surface area contributed by atoms with E-state index >= 15 is 0 Å². The van der Waals surface area contributed by atoms with Crippen LogP contribution in [0.3, 0.4) is 0 Å². The molecule has 0 bridgehead atoms. The second-order valence-electron chi connectivity index (χ2n) is 37.4. The van der Waals surface area contributed by atoms with E-state index in [2.05, 4.69) is 556 Å². The Balaban J connectivity index is 0.575. The van der Waals surface area contributed by atoms with Gasteiger partial charge in [0.2, 0.25) is 0 Å². The van der Waals surface area contributed by atoms with Crippen LogP contribution in [0.1, 0.15) is 44.5 Å². The molecule has 4 heteroatoms. The number of hydrogen-bond acceptors (Lipinski definition) is 4. The number of rotatable bonds is 17. The van der Waals surface area contributed by atoms with Gasteiger partial charge in [0.05, 0.1) is 22.2 Å². The minimum absolute atomic E-state index is 0.634. The van der Waals surface area contributed by atoms with Crippen LogP contribution in [0.2, 0.25) is 0 Å². The summed E-state index contributed by atoms with van der Waals surface area (Å²) in [5.74, 6) is 3.38. The molecule has 2 spiro atoms. The van der Waals surface area contributed by atoms with E-state index in [1.165, 1.54) is 94.2 Å². The van der Waals surface area contributed by atoms with Gasteiger partial charge in [-0.25, -0.2) is 0 Å². The summed E-state index contributed by atoms with van der Waals surface area (Å²) >= 11 is 0. The normalized spacial score (nSPS) is 13.4. The molecule has 23 aromatic rings. The number of para-hydroxylation sites is 6. The summed E-state index contributed by atoms with van der Waals surface area (Å²) in [6, 6.07) is 201. The molecule has 1 atom stereocenters. The lowest BCUT2D eigenvalue weighted by Crippen LogP contribution is -2.32. The third kappa shape index (κ3) is 13.5. The standard InChI is InChI=1S/C138H90N2O2/c1-3-36-95(37-4-1)106-43-9-10-44-107(106)97-77-81-103(82-78-97)140(104-83-85-125-121(89-104)117-53-19-23-58-123(117)137(125)127-60-25-30-66-133(127)141-134-67-31-26-61-128(134)137)132-65-29-22-56-120(132)116-52-18-16-50-114(116)112-48-14-12-46-109(112)100-41-33-42-101(88-100)110-57-34-63-130-136(110)142-135-68-32-27-62-129(135)138(130)124-59-24-20-54-118(124)122-90-105(84-86-126(122)138)139(102-79-75-93(76-80-102)92-69-71-94(72-70-92)99-74-73-91-35-7-8-40-98(91)87-99)131-64-28-21-55-119(131)115-51-17-15-49-113(115)111-47-13-11-45-108(111)96-38-5-2-6-39-96/h1-90H. The van der Waals surface area contributed by atoms with Gasteiger partial charge in [-0.3, -0.25) is 0 Å². The Morgan fingerprint density at radius 2 is 0.415 bits per heavy atom. The molecule has 0 amide bonds. The summed E-state index contributed by atoms with van der Waals surface area (Å²) in [5.41, 5.74) is 43.7. The first kappa shape index (κ1) is 82.9. The van der Waals surface area contributed by atoms with Gasteiger partial charge in [-0.05, 0) is 252 Å². The van der Waals surface area contributed by atoms with E-state index < -0.39 is 10.8 Å². The molecule has 0 saturated heterocycles. The minimum Gasteiger partial charge on any atom is -0.457 e. The third-order valence-corrected chi connectivity index (χ3v) is 29.9. The average molecular weight is 1810 g/mol. The van der Waals surface area contributed by atoms with Crippen molar-refractivity contribution in [3.8, 4) is 168 Å². The Hall–Kier alpha value is -18.5. The van der Waals surface area contributed by atoms with E-state index in [4.69, 9.17) is 9.47 Å². The van der Waals surface area contributed by atoms with Crippen LogP contribution in [0.4, 0.5) is 34.1 Å². The molecule has 2 heterocycles. The van der Waals surface area contributed by atoms with E-state index in [-0.39, 0.29) is 0 Å². The first-order valence-electron chi connectivity index (χ1n) is 49.0. The maximum atomic E-state index is 7.59. The zero-order valence-electron chi connectivity index (χ0n) is 77.7. The highest BCUT2D eigenvalue weighted by molar-refractivity contribution is 6.04. The second kappa shape index (κ2) is 34.3. The summed E-state index contributed by atoms with van der Waals surface area (Å²) in [5, 5.41) is 2.47. The van der Waals surface area contributed by atoms with Crippen LogP contribution in [-0.2, 0) is 10.8 Å². The van der Waals surface area contributed by atoms with Crippen LogP contribution in [0.5, 0.6) is 23.0 Å². The van der Waals surface area contributed by atoms with Crippen molar-refractivity contribution in [2.24, 2.45) is 0 Å². The number of anilines is 6. The number of hydrogen-bond donors (Lipinski definition) is 0. The van der Waals surface area contributed by atoms with Crippen molar-refractivity contribution in [2.75, 3.05) is 9.80 Å². The van der Waals surface area contributed by atoms with Gasteiger partial charge >= 0.3 is 0 Å². The third-order valence-electron chi connectivity index (χ3n) is 29.9.